The van der Waals surface area contributed by atoms with E-state index in [1.54, 1.807) is 5.57 Å². The summed E-state index contributed by atoms with van der Waals surface area (Å²) in [6, 6.07) is 18.2. The molecule has 0 N–H and O–H groups in total. The first-order valence-corrected chi connectivity index (χ1v) is 19.2. The van der Waals surface area contributed by atoms with Gasteiger partial charge in [-0.05, 0) is 104 Å². The number of benzene rings is 2. The van der Waals surface area contributed by atoms with Gasteiger partial charge in [0, 0.05) is 28.8 Å². The molecule has 252 valence electrons. The summed E-state index contributed by atoms with van der Waals surface area (Å²) in [5.74, 6) is 3.88. The lowest BCUT2D eigenvalue weighted by Crippen LogP contribution is -3.00. The fourth-order valence-electron chi connectivity index (χ4n) is 12.3. The molecule has 6 aliphatic rings. The van der Waals surface area contributed by atoms with E-state index in [9.17, 15) is 0 Å². The number of hydrogen-bond donors (Lipinski definition) is 0. The highest BCUT2D eigenvalue weighted by atomic mass is 79.9. The van der Waals surface area contributed by atoms with E-state index < -0.39 is 0 Å². The van der Waals surface area contributed by atoms with Crippen molar-refractivity contribution in [2.45, 2.75) is 110 Å². The Labute approximate surface area is 300 Å². The molecule has 0 bridgehead atoms. The smallest absolute Gasteiger partial charge is 0.245 e. The number of fused-ring (bicyclic) bond motifs is 8. The van der Waals surface area contributed by atoms with Crippen molar-refractivity contribution >= 4 is 27.0 Å². The van der Waals surface area contributed by atoms with Gasteiger partial charge in [-0.25, -0.2) is 9.13 Å². The Morgan fingerprint density at radius 2 is 1.77 bits per heavy atom. The predicted molar refractivity (Wildman–Crippen MR) is 186 cm³/mol. The quantitative estimate of drug-likeness (QED) is 0.221. The van der Waals surface area contributed by atoms with Crippen molar-refractivity contribution in [3.05, 3.63) is 76.5 Å². The van der Waals surface area contributed by atoms with Gasteiger partial charge in [-0.3, -0.25) is 0 Å². The van der Waals surface area contributed by atoms with Crippen molar-refractivity contribution in [1.29, 1.82) is 0 Å². The molecule has 9 rings (SSSR count). The third-order valence-corrected chi connectivity index (χ3v) is 15.5. The minimum absolute atomic E-state index is 0. The molecule has 0 radical (unpaired) electrons. The maximum absolute atomic E-state index is 7.04. The van der Waals surface area contributed by atoms with Crippen LogP contribution in [0.2, 0.25) is 0 Å². The molecule has 1 aromatic heterocycles. The number of nitrogens with zero attached hydrogens (tertiary/aromatic N) is 2. The maximum atomic E-state index is 7.04. The molecule has 3 heterocycles. The minimum atomic E-state index is -0.310. The minimum Gasteiger partial charge on any atom is -1.00 e. The van der Waals surface area contributed by atoms with Crippen molar-refractivity contribution in [3.8, 4) is 0 Å². The molecule has 4 aliphatic carbocycles. The third-order valence-electron chi connectivity index (χ3n) is 14.8. The van der Waals surface area contributed by atoms with Crippen molar-refractivity contribution in [2.24, 2.45) is 46.3 Å². The molecule has 3 aromatic rings. The summed E-state index contributed by atoms with van der Waals surface area (Å²) >= 11 is 3.79. The number of hydrogen-bond acceptors (Lipinski definition) is 2. The molecule has 2 saturated heterocycles. The number of rotatable bonds is 3. The van der Waals surface area contributed by atoms with Crippen molar-refractivity contribution < 1.29 is 31.0 Å². The lowest BCUT2D eigenvalue weighted by molar-refractivity contribution is -0.663. The molecule has 0 amide bonds. The monoisotopic (exact) mass is 762 g/mol. The Balaban J connectivity index is 0.00000324. The number of para-hydroxylation sites is 2. The van der Waals surface area contributed by atoms with Gasteiger partial charge in [-0.2, -0.15) is 0 Å². The van der Waals surface area contributed by atoms with Crippen molar-refractivity contribution in [3.63, 3.8) is 0 Å². The first-order valence-electron chi connectivity index (χ1n) is 18.4. The lowest BCUT2D eigenvalue weighted by atomic mass is 9.46. The molecule has 2 aliphatic heterocycles. The highest BCUT2D eigenvalue weighted by molar-refractivity contribution is 9.10. The Hall–Kier alpha value is -1.47. The van der Waals surface area contributed by atoms with E-state index in [0.29, 0.717) is 40.7 Å². The largest absolute Gasteiger partial charge is 1.00 e. The van der Waals surface area contributed by atoms with Crippen LogP contribution in [0, 0.1) is 46.3 Å². The second kappa shape index (κ2) is 11.8. The van der Waals surface area contributed by atoms with E-state index in [1.807, 2.05) is 0 Å². The van der Waals surface area contributed by atoms with E-state index >= 15 is 0 Å². The Morgan fingerprint density at radius 1 is 0.957 bits per heavy atom. The number of allylic oxidation sites excluding steroid dienone is 2. The molecule has 2 aromatic carbocycles. The summed E-state index contributed by atoms with van der Waals surface area (Å²) < 4.78 is 19.9. The zero-order valence-corrected chi connectivity index (χ0v) is 31.8. The van der Waals surface area contributed by atoms with Crippen LogP contribution in [0.1, 0.15) is 97.1 Å². The highest BCUT2D eigenvalue weighted by Gasteiger charge is 2.68. The first-order chi connectivity index (χ1) is 22.2. The lowest BCUT2D eigenvalue weighted by Gasteiger charge is -2.58. The molecule has 6 heteroatoms. The van der Waals surface area contributed by atoms with Crippen LogP contribution < -0.4 is 21.5 Å². The average molecular weight is 765 g/mol. The molecule has 5 fully saturated rings. The van der Waals surface area contributed by atoms with Crippen molar-refractivity contribution in [2.75, 3.05) is 6.61 Å². The van der Waals surface area contributed by atoms with Gasteiger partial charge >= 0.3 is 0 Å². The third kappa shape index (κ3) is 4.88. The molecule has 1 spiro atoms. The van der Waals surface area contributed by atoms with Gasteiger partial charge < -0.3 is 26.5 Å². The molecule has 3 saturated carbocycles. The molecule has 11 atom stereocenters. The van der Waals surface area contributed by atoms with Gasteiger partial charge in [0.15, 0.2) is 16.8 Å². The fourth-order valence-corrected chi connectivity index (χ4v) is 12.7. The Morgan fingerprint density at radius 3 is 2.57 bits per heavy atom. The summed E-state index contributed by atoms with van der Waals surface area (Å²) in [6.45, 7) is 11.9. The van der Waals surface area contributed by atoms with Crippen LogP contribution in [0.5, 0.6) is 0 Å². The number of halogens is 2. The van der Waals surface area contributed by atoms with Gasteiger partial charge in [0.25, 0.3) is 0 Å². The van der Waals surface area contributed by atoms with Crippen LogP contribution in [-0.4, -0.2) is 23.1 Å². The van der Waals surface area contributed by atoms with Crippen LogP contribution in [0.15, 0.2) is 71.0 Å². The molecular weight excluding hydrogens is 712 g/mol. The number of ether oxygens (including phenoxy) is 2. The van der Waals surface area contributed by atoms with Gasteiger partial charge in [0.05, 0.1) is 12.7 Å². The molecular formula is C41H52Br2N2O2. The normalized spacial score (nSPS) is 42.3. The van der Waals surface area contributed by atoms with E-state index in [1.165, 1.54) is 72.4 Å². The topological polar surface area (TPSA) is 27.3 Å². The Bertz CT molecular complexity index is 1690. The zero-order valence-electron chi connectivity index (χ0n) is 28.6. The number of aromatic nitrogens is 2. The van der Waals surface area contributed by atoms with Crippen LogP contribution in [0.3, 0.4) is 0 Å². The Kier molecular flexibility index (Phi) is 8.22. The summed E-state index contributed by atoms with van der Waals surface area (Å²) in [7, 11) is 0. The van der Waals surface area contributed by atoms with Crippen LogP contribution in [-0.2, 0) is 16.0 Å². The highest BCUT2D eigenvalue weighted by Crippen LogP contribution is 2.71. The molecule has 0 unspecified atom stereocenters. The predicted octanol–water partition coefficient (Wildman–Crippen LogP) is 6.65. The van der Waals surface area contributed by atoms with Crippen LogP contribution in [0.4, 0.5) is 0 Å². The average Bonchev–Trinajstić information content (AvgIpc) is 3.66. The van der Waals surface area contributed by atoms with Crippen LogP contribution in [0.25, 0.3) is 11.0 Å². The van der Waals surface area contributed by atoms with E-state index in [4.69, 9.17) is 9.47 Å². The van der Waals surface area contributed by atoms with E-state index in [0.717, 1.165) is 37.3 Å². The SMILES string of the molecule is C[C@@H]1CC[C@@]2(OC1)O[C@H]1C[C@H]3[C@@H]4CC=C5C[C@H](n6c[n+](Cc7ccccc7Br)c7ccccc76)CC[C@]5(C)[C@H]4CC[C@]3(C)[C@H]1[C@@H]2C.[Br-]. The second-order valence-electron chi connectivity index (χ2n) is 16.9. The van der Waals surface area contributed by atoms with Gasteiger partial charge in [0.2, 0.25) is 6.33 Å². The van der Waals surface area contributed by atoms with E-state index in [-0.39, 0.29) is 22.8 Å². The first kappa shape index (κ1) is 32.7. The van der Waals surface area contributed by atoms with Crippen molar-refractivity contribution in [1.82, 2.24) is 4.57 Å². The molecule has 4 nitrogen and oxygen atoms in total. The van der Waals surface area contributed by atoms with E-state index in [2.05, 4.69) is 114 Å². The fraction of sp³-hybridized carbons (Fsp3) is 0.634. The maximum Gasteiger partial charge on any atom is 0.245 e. The van der Waals surface area contributed by atoms with Gasteiger partial charge in [0.1, 0.15) is 12.6 Å². The number of imidazole rings is 1. The summed E-state index contributed by atoms with van der Waals surface area (Å²) in [5, 5.41) is 0. The van der Waals surface area contributed by atoms with Gasteiger partial charge in [-0.1, -0.05) is 85.6 Å². The second-order valence-corrected chi connectivity index (χ2v) is 17.8. The summed E-state index contributed by atoms with van der Waals surface area (Å²) in [4.78, 5) is 0. The molecule has 47 heavy (non-hydrogen) atoms. The summed E-state index contributed by atoms with van der Waals surface area (Å²) in [5.41, 5.74) is 6.49. The standard InChI is InChI=1S/C41H52BrN2O2.BrH/c1-26-15-20-41(45-24-26)27(2)38-37(46-41)22-33-31-14-13-29-21-30(16-18-39(29,3)32(31)17-19-40(33,38)4)44-25-43(35-11-7-8-12-36(35)44)23-28-9-5-6-10-34(28)42;/h5-13,25-27,30-33,37-38H,14-24H2,1-4H3;1H/q+1;/p-1/t26-,27+,30-,31-,32+,33+,37+,38+,39+,40+,41-;/m1./s1. The summed E-state index contributed by atoms with van der Waals surface area (Å²) in [6.07, 6.45) is 16.9. The van der Waals surface area contributed by atoms with Gasteiger partial charge in [-0.15, -0.1) is 0 Å². The van der Waals surface area contributed by atoms with Crippen LogP contribution >= 0.6 is 15.9 Å². The zero-order chi connectivity index (χ0) is 31.4.